The Morgan fingerprint density at radius 2 is 2.55 bits per heavy atom. The average Bonchev–Trinajstić information content (AvgIpc) is 2.03. The molecule has 1 rings (SSSR count). The SMILES string of the molecule is C=CCNc1cccnc1Cl. The second-order valence-electron chi connectivity index (χ2n) is 2.01. The highest BCUT2D eigenvalue weighted by molar-refractivity contribution is 6.31. The van der Waals surface area contributed by atoms with Crippen LogP contribution in [0.15, 0.2) is 31.0 Å². The molecule has 1 aromatic rings. The van der Waals surface area contributed by atoms with Crippen molar-refractivity contribution in [3.63, 3.8) is 0 Å². The van der Waals surface area contributed by atoms with Crippen LogP contribution in [0.3, 0.4) is 0 Å². The summed E-state index contributed by atoms with van der Waals surface area (Å²) in [6, 6.07) is 3.70. The minimum Gasteiger partial charge on any atom is -0.379 e. The van der Waals surface area contributed by atoms with E-state index in [1.165, 1.54) is 0 Å². The average molecular weight is 169 g/mol. The number of pyridine rings is 1. The Bertz CT molecular complexity index is 248. The highest BCUT2D eigenvalue weighted by Crippen LogP contribution is 2.16. The lowest BCUT2D eigenvalue weighted by molar-refractivity contribution is 1.27. The monoisotopic (exact) mass is 168 g/mol. The molecule has 0 spiro atoms. The Morgan fingerprint density at radius 3 is 3.18 bits per heavy atom. The summed E-state index contributed by atoms with van der Waals surface area (Å²) in [6.07, 6.45) is 3.42. The number of anilines is 1. The lowest BCUT2D eigenvalue weighted by atomic mass is 10.4. The molecular formula is C8H9ClN2. The third kappa shape index (κ3) is 2.24. The topological polar surface area (TPSA) is 24.9 Å². The van der Waals surface area contributed by atoms with Crippen molar-refractivity contribution in [2.75, 3.05) is 11.9 Å². The maximum absolute atomic E-state index is 5.75. The van der Waals surface area contributed by atoms with Crippen LogP contribution in [0.4, 0.5) is 5.69 Å². The molecule has 0 radical (unpaired) electrons. The van der Waals surface area contributed by atoms with Crippen molar-refractivity contribution in [1.82, 2.24) is 4.98 Å². The molecule has 2 nitrogen and oxygen atoms in total. The maximum Gasteiger partial charge on any atom is 0.152 e. The molecule has 1 aromatic heterocycles. The molecular weight excluding hydrogens is 160 g/mol. The molecule has 11 heavy (non-hydrogen) atoms. The van der Waals surface area contributed by atoms with E-state index in [1.54, 1.807) is 12.3 Å². The first kappa shape index (κ1) is 8.08. The number of aromatic nitrogens is 1. The van der Waals surface area contributed by atoms with Gasteiger partial charge in [-0.1, -0.05) is 17.7 Å². The summed E-state index contributed by atoms with van der Waals surface area (Å²) < 4.78 is 0. The molecule has 1 heterocycles. The van der Waals surface area contributed by atoms with Crippen molar-refractivity contribution in [2.24, 2.45) is 0 Å². The minimum absolute atomic E-state index is 0.495. The van der Waals surface area contributed by atoms with Gasteiger partial charge < -0.3 is 5.32 Å². The van der Waals surface area contributed by atoms with Crippen LogP contribution < -0.4 is 5.32 Å². The van der Waals surface area contributed by atoms with Crippen LogP contribution in [0.5, 0.6) is 0 Å². The number of nitrogens with one attached hydrogen (secondary N) is 1. The smallest absolute Gasteiger partial charge is 0.152 e. The van der Waals surface area contributed by atoms with Gasteiger partial charge in [-0.05, 0) is 12.1 Å². The molecule has 0 aliphatic heterocycles. The fourth-order valence-corrected chi connectivity index (χ4v) is 0.886. The van der Waals surface area contributed by atoms with Crippen molar-refractivity contribution in [1.29, 1.82) is 0 Å². The lowest BCUT2D eigenvalue weighted by Crippen LogP contribution is -1.98. The molecule has 1 N–H and O–H groups in total. The van der Waals surface area contributed by atoms with Gasteiger partial charge in [-0.3, -0.25) is 0 Å². The predicted octanol–water partition coefficient (Wildman–Crippen LogP) is 2.33. The molecule has 0 unspecified atom stereocenters. The third-order valence-electron chi connectivity index (χ3n) is 1.20. The molecule has 58 valence electrons. The predicted molar refractivity (Wildman–Crippen MR) is 47.9 cm³/mol. The second-order valence-corrected chi connectivity index (χ2v) is 2.37. The van der Waals surface area contributed by atoms with Gasteiger partial charge in [0.1, 0.15) is 0 Å². The summed E-state index contributed by atoms with van der Waals surface area (Å²) in [7, 11) is 0. The first-order valence-corrected chi connectivity index (χ1v) is 3.67. The van der Waals surface area contributed by atoms with E-state index in [9.17, 15) is 0 Å². The van der Waals surface area contributed by atoms with Crippen molar-refractivity contribution < 1.29 is 0 Å². The summed E-state index contributed by atoms with van der Waals surface area (Å²) in [5, 5.41) is 3.54. The highest BCUT2D eigenvalue weighted by Gasteiger charge is 1.95. The van der Waals surface area contributed by atoms with E-state index in [0.717, 1.165) is 5.69 Å². The van der Waals surface area contributed by atoms with Gasteiger partial charge in [0.15, 0.2) is 5.15 Å². The van der Waals surface area contributed by atoms with Gasteiger partial charge in [0.25, 0.3) is 0 Å². The van der Waals surface area contributed by atoms with Crippen LogP contribution in [0, 0.1) is 0 Å². The Kier molecular flexibility index (Phi) is 2.93. The van der Waals surface area contributed by atoms with Gasteiger partial charge >= 0.3 is 0 Å². The minimum atomic E-state index is 0.495. The maximum atomic E-state index is 5.75. The molecule has 0 saturated carbocycles. The quantitative estimate of drug-likeness (QED) is 0.554. The van der Waals surface area contributed by atoms with Crippen molar-refractivity contribution in [3.8, 4) is 0 Å². The molecule has 0 bridgehead atoms. The van der Waals surface area contributed by atoms with Crippen LogP contribution >= 0.6 is 11.6 Å². The molecule has 0 saturated heterocycles. The second kappa shape index (κ2) is 3.98. The molecule has 0 fully saturated rings. The van der Waals surface area contributed by atoms with Gasteiger partial charge in [-0.2, -0.15) is 0 Å². The van der Waals surface area contributed by atoms with Crippen LogP contribution in [0.1, 0.15) is 0 Å². The van der Waals surface area contributed by atoms with E-state index in [0.29, 0.717) is 11.7 Å². The first-order chi connectivity index (χ1) is 5.34. The van der Waals surface area contributed by atoms with Gasteiger partial charge in [0.2, 0.25) is 0 Å². The van der Waals surface area contributed by atoms with E-state index in [2.05, 4.69) is 16.9 Å². The van der Waals surface area contributed by atoms with Gasteiger partial charge in [0.05, 0.1) is 5.69 Å². The number of rotatable bonds is 3. The summed E-state index contributed by atoms with van der Waals surface area (Å²) in [4.78, 5) is 3.90. The Morgan fingerprint density at radius 1 is 1.73 bits per heavy atom. The van der Waals surface area contributed by atoms with Crippen LogP contribution in [0.25, 0.3) is 0 Å². The largest absolute Gasteiger partial charge is 0.379 e. The molecule has 0 amide bonds. The van der Waals surface area contributed by atoms with E-state index in [1.807, 2.05) is 12.1 Å². The molecule has 3 heteroatoms. The number of nitrogens with zero attached hydrogens (tertiary/aromatic N) is 1. The van der Waals surface area contributed by atoms with Crippen molar-refractivity contribution in [2.45, 2.75) is 0 Å². The zero-order valence-electron chi connectivity index (χ0n) is 6.05. The van der Waals surface area contributed by atoms with Gasteiger partial charge in [0, 0.05) is 12.7 Å². The summed E-state index contributed by atoms with van der Waals surface area (Å²) in [5.74, 6) is 0. The lowest BCUT2D eigenvalue weighted by Gasteiger charge is -2.02. The Labute approximate surface area is 70.9 Å². The fourth-order valence-electron chi connectivity index (χ4n) is 0.700. The highest BCUT2D eigenvalue weighted by atomic mass is 35.5. The Balaban J connectivity index is 2.69. The summed E-state index contributed by atoms with van der Waals surface area (Å²) in [5.41, 5.74) is 0.842. The Hall–Kier alpha value is -1.02. The first-order valence-electron chi connectivity index (χ1n) is 3.30. The number of hydrogen-bond donors (Lipinski definition) is 1. The zero-order chi connectivity index (χ0) is 8.10. The molecule has 0 aromatic carbocycles. The van der Waals surface area contributed by atoms with Gasteiger partial charge in [-0.25, -0.2) is 4.98 Å². The van der Waals surface area contributed by atoms with E-state index >= 15 is 0 Å². The summed E-state index contributed by atoms with van der Waals surface area (Å²) in [6.45, 7) is 4.28. The molecule has 0 aliphatic carbocycles. The van der Waals surface area contributed by atoms with Crippen LogP contribution in [0.2, 0.25) is 5.15 Å². The van der Waals surface area contributed by atoms with E-state index in [4.69, 9.17) is 11.6 Å². The fraction of sp³-hybridized carbons (Fsp3) is 0.125. The van der Waals surface area contributed by atoms with E-state index in [-0.39, 0.29) is 0 Å². The number of hydrogen-bond acceptors (Lipinski definition) is 2. The number of halogens is 1. The van der Waals surface area contributed by atoms with Crippen molar-refractivity contribution >= 4 is 17.3 Å². The standard InChI is InChI=1S/C8H9ClN2/c1-2-5-10-7-4-3-6-11-8(7)9/h2-4,6,10H,1,5H2. The van der Waals surface area contributed by atoms with E-state index < -0.39 is 0 Å². The van der Waals surface area contributed by atoms with Crippen molar-refractivity contribution in [3.05, 3.63) is 36.1 Å². The molecule has 0 aliphatic rings. The third-order valence-corrected chi connectivity index (χ3v) is 1.50. The summed E-state index contributed by atoms with van der Waals surface area (Å²) >= 11 is 5.75. The van der Waals surface area contributed by atoms with Gasteiger partial charge in [-0.15, -0.1) is 6.58 Å². The van der Waals surface area contributed by atoms with Crippen LogP contribution in [-0.4, -0.2) is 11.5 Å². The normalized spacial score (nSPS) is 9.18. The van der Waals surface area contributed by atoms with Crippen LogP contribution in [-0.2, 0) is 0 Å². The molecule has 0 atom stereocenters. The zero-order valence-corrected chi connectivity index (χ0v) is 6.80.